The maximum atomic E-state index is 8.93. The van der Waals surface area contributed by atoms with Crippen molar-refractivity contribution in [3.8, 4) is 0 Å². The fourth-order valence-corrected chi connectivity index (χ4v) is 1.90. The third-order valence-corrected chi connectivity index (χ3v) is 3.11. The Morgan fingerprint density at radius 3 is 2.53 bits per heavy atom. The van der Waals surface area contributed by atoms with Crippen molar-refractivity contribution in [1.82, 2.24) is 0 Å². The molecule has 0 rings (SSSR count). The lowest BCUT2D eigenvalue weighted by Crippen LogP contribution is -1.90. The zero-order chi connectivity index (χ0) is 11.7. The van der Waals surface area contributed by atoms with Crippen LogP contribution in [0.25, 0.3) is 0 Å². The largest absolute Gasteiger partial charge is 0.509 e. The van der Waals surface area contributed by atoms with E-state index < -0.39 is 0 Å². The van der Waals surface area contributed by atoms with Gasteiger partial charge in [0.05, 0.1) is 0 Å². The molecule has 0 spiro atoms. The van der Waals surface area contributed by atoms with Gasteiger partial charge in [-0.05, 0) is 36.8 Å². The molecule has 2 heteroatoms. The van der Waals surface area contributed by atoms with Gasteiger partial charge in [-0.2, -0.15) is 11.8 Å². The number of thioether (sulfide) groups is 1. The Bertz CT molecular complexity index is 239. The summed E-state index contributed by atoms with van der Waals surface area (Å²) >= 11 is 1.99. The Balaban J connectivity index is 3.78. The van der Waals surface area contributed by atoms with Gasteiger partial charge in [0.15, 0.2) is 0 Å². The third-order valence-electron chi connectivity index (χ3n) is 1.92. The minimum Gasteiger partial charge on any atom is -0.509 e. The molecule has 0 aromatic heterocycles. The van der Waals surface area contributed by atoms with Crippen LogP contribution in [0.15, 0.2) is 36.1 Å². The van der Waals surface area contributed by atoms with Crippen LogP contribution in [0.2, 0.25) is 0 Å². The van der Waals surface area contributed by atoms with Crippen LogP contribution in [0, 0.1) is 0 Å². The van der Waals surface area contributed by atoms with E-state index in [0.717, 1.165) is 6.42 Å². The van der Waals surface area contributed by atoms with E-state index in [0.29, 0.717) is 5.25 Å². The first kappa shape index (κ1) is 14.4. The molecule has 0 unspecified atom stereocenters. The number of hydrogen-bond acceptors (Lipinski definition) is 2. The fourth-order valence-electron chi connectivity index (χ4n) is 1.12. The molecule has 0 radical (unpaired) electrons. The fraction of sp³-hybridized carbons (Fsp3) is 0.538. The van der Waals surface area contributed by atoms with Crippen molar-refractivity contribution in [1.29, 1.82) is 0 Å². The van der Waals surface area contributed by atoms with Gasteiger partial charge in [0.2, 0.25) is 0 Å². The smallest absolute Gasteiger partial charge is 0.108 e. The zero-order valence-corrected chi connectivity index (χ0v) is 10.8. The highest BCUT2D eigenvalue weighted by atomic mass is 32.2. The van der Waals surface area contributed by atoms with E-state index in [-0.39, 0.29) is 5.76 Å². The van der Waals surface area contributed by atoms with Crippen molar-refractivity contribution in [2.45, 2.75) is 38.9 Å². The van der Waals surface area contributed by atoms with Gasteiger partial charge in [-0.3, -0.25) is 0 Å². The van der Waals surface area contributed by atoms with Crippen LogP contribution in [0.4, 0.5) is 0 Å². The van der Waals surface area contributed by atoms with Crippen molar-refractivity contribution < 1.29 is 5.11 Å². The summed E-state index contributed by atoms with van der Waals surface area (Å²) in [6.45, 7) is 9.88. The monoisotopic (exact) mass is 226 g/mol. The van der Waals surface area contributed by atoms with Gasteiger partial charge in [-0.1, -0.05) is 38.2 Å². The summed E-state index contributed by atoms with van der Waals surface area (Å²) in [5.41, 5.74) is 1.26. The number of allylic oxidation sites excluding steroid dienone is 4. The molecular formula is C13H22OS. The first-order chi connectivity index (χ1) is 7.06. The average molecular weight is 226 g/mol. The minimum absolute atomic E-state index is 0.117. The standard InChI is InChI=1S/C13H22OS/c1-5-13(9-8-12(4)14)7-6-10-15-11(2)3/h5,8-9,11,14H,4,6-7,10H2,1-3H3/b9-8-,13-5-. The number of aliphatic hydroxyl groups excluding tert-OH is 1. The highest BCUT2D eigenvalue weighted by Crippen LogP contribution is 2.15. The number of rotatable bonds is 7. The minimum atomic E-state index is 0.117. The molecule has 15 heavy (non-hydrogen) atoms. The van der Waals surface area contributed by atoms with Crippen LogP contribution in [-0.4, -0.2) is 16.1 Å². The average Bonchev–Trinajstić information content (AvgIpc) is 2.16. The Hall–Kier alpha value is -0.630. The van der Waals surface area contributed by atoms with Gasteiger partial charge < -0.3 is 5.11 Å². The molecule has 1 N–H and O–H groups in total. The van der Waals surface area contributed by atoms with Gasteiger partial charge >= 0.3 is 0 Å². The molecule has 0 aliphatic carbocycles. The molecule has 0 saturated carbocycles. The van der Waals surface area contributed by atoms with Crippen molar-refractivity contribution in [2.75, 3.05) is 5.75 Å². The van der Waals surface area contributed by atoms with Crippen molar-refractivity contribution in [2.24, 2.45) is 0 Å². The van der Waals surface area contributed by atoms with Gasteiger partial charge in [0.25, 0.3) is 0 Å². The van der Waals surface area contributed by atoms with Gasteiger partial charge in [-0.15, -0.1) is 0 Å². The lowest BCUT2D eigenvalue weighted by atomic mass is 10.1. The van der Waals surface area contributed by atoms with Crippen LogP contribution in [0.3, 0.4) is 0 Å². The van der Waals surface area contributed by atoms with Gasteiger partial charge in [-0.25, -0.2) is 0 Å². The molecule has 0 amide bonds. The molecule has 1 nitrogen and oxygen atoms in total. The van der Waals surface area contributed by atoms with E-state index >= 15 is 0 Å². The maximum Gasteiger partial charge on any atom is 0.108 e. The normalized spacial score (nSPS) is 12.7. The molecule has 0 aromatic rings. The number of hydrogen-bond donors (Lipinski definition) is 1. The maximum absolute atomic E-state index is 8.93. The summed E-state index contributed by atoms with van der Waals surface area (Å²) in [6.07, 6.45) is 7.91. The molecule has 0 bridgehead atoms. The molecule has 86 valence electrons. The van der Waals surface area contributed by atoms with E-state index in [9.17, 15) is 0 Å². The summed E-state index contributed by atoms with van der Waals surface area (Å²) in [6, 6.07) is 0. The topological polar surface area (TPSA) is 20.2 Å². The summed E-state index contributed by atoms with van der Waals surface area (Å²) in [4.78, 5) is 0. The van der Waals surface area contributed by atoms with E-state index in [1.807, 2.05) is 24.8 Å². The van der Waals surface area contributed by atoms with Crippen LogP contribution in [0.1, 0.15) is 33.6 Å². The van der Waals surface area contributed by atoms with Crippen LogP contribution in [0.5, 0.6) is 0 Å². The summed E-state index contributed by atoms with van der Waals surface area (Å²) in [5, 5.41) is 9.64. The quantitative estimate of drug-likeness (QED) is 0.392. The lowest BCUT2D eigenvalue weighted by Gasteiger charge is -2.04. The SMILES string of the molecule is C=C(O)/C=C\C(=C/C)CCCSC(C)C. The molecule has 0 fully saturated rings. The molecule has 0 heterocycles. The van der Waals surface area contributed by atoms with E-state index in [2.05, 4.69) is 26.5 Å². The van der Waals surface area contributed by atoms with E-state index in [1.165, 1.54) is 17.7 Å². The van der Waals surface area contributed by atoms with Crippen LogP contribution in [-0.2, 0) is 0 Å². The van der Waals surface area contributed by atoms with E-state index in [1.54, 1.807) is 6.08 Å². The number of aliphatic hydroxyl groups is 1. The Kier molecular flexibility index (Phi) is 8.30. The molecule has 0 aliphatic rings. The third kappa shape index (κ3) is 9.67. The predicted octanol–water partition coefficient (Wildman–Crippen LogP) is 4.48. The first-order valence-electron chi connectivity index (χ1n) is 5.39. The molecule has 0 saturated heterocycles. The highest BCUT2D eigenvalue weighted by Gasteiger charge is 1.96. The van der Waals surface area contributed by atoms with Crippen molar-refractivity contribution >= 4 is 11.8 Å². The Morgan fingerprint density at radius 1 is 1.40 bits per heavy atom. The first-order valence-corrected chi connectivity index (χ1v) is 6.44. The van der Waals surface area contributed by atoms with Crippen LogP contribution >= 0.6 is 11.8 Å². The van der Waals surface area contributed by atoms with Gasteiger partial charge in [0.1, 0.15) is 5.76 Å². The Morgan fingerprint density at radius 2 is 2.07 bits per heavy atom. The molecule has 0 atom stereocenters. The highest BCUT2D eigenvalue weighted by molar-refractivity contribution is 7.99. The second-order valence-corrected chi connectivity index (χ2v) is 5.40. The molecule has 0 aliphatic heterocycles. The van der Waals surface area contributed by atoms with Crippen molar-refractivity contribution in [3.05, 3.63) is 36.1 Å². The lowest BCUT2D eigenvalue weighted by molar-refractivity contribution is 0.435. The summed E-state index contributed by atoms with van der Waals surface area (Å²) < 4.78 is 0. The van der Waals surface area contributed by atoms with Gasteiger partial charge in [0, 0.05) is 0 Å². The summed E-state index contributed by atoms with van der Waals surface area (Å²) in [5.74, 6) is 1.31. The molecular weight excluding hydrogens is 204 g/mol. The zero-order valence-electron chi connectivity index (χ0n) is 9.99. The van der Waals surface area contributed by atoms with Crippen molar-refractivity contribution in [3.63, 3.8) is 0 Å². The molecule has 0 aromatic carbocycles. The summed E-state index contributed by atoms with van der Waals surface area (Å²) in [7, 11) is 0. The predicted molar refractivity (Wildman–Crippen MR) is 71.5 cm³/mol. The Labute approximate surface area is 98.0 Å². The second-order valence-electron chi connectivity index (χ2n) is 3.71. The van der Waals surface area contributed by atoms with Crippen LogP contribution < -0.4 is 0 Å². The van der Waals surface area contributed by atoms with E-state index in [4.69, 9.17) is 5.11 Å². The second kappa shape index (κ2) is 8.66.